The summed E-state index contributed by atoms with van der Waals surface area (Å²) in [5.41, 5.74) is 0.750. The fraction of sp³-hybridized carbons (Fsp3) is 0.292. The Bertz CT molecular complexity index is 1470. The van der Waals surface area contributed by atoms with Crippen molar-refractivity contribution in [1.82, 2.24) is 29.5 Å². The van der Waals surface area contributed by atoms with Crippen LogP contribution in [0.3, 0.4) is 0 Å². The van der Waals surface area contributed by atoms with Crippen LogP contribution in [-0.4, -0.2) is 59.9 Å². The molecule has 0 aliphatic heterocycles. The summed E-state index contributed by atoms with van der Waals surface area (Å²) >= 11 is 0. The molecule has 0 aliphatic rings. The molecule has 37 heavy (non-hydrogen) atoms. The van der Waals surface area contributed by atoms with E-state index in [0.29, 0.717) is 28.2 Å². The first-order valence-electron chi connectivity index (χ1n) is 11.1. The van der Waals surface area contributed by atoms with Gasteiger partial charge in [0.2, 0.25) is 0 Å². The lowest BCUT2D eigenvalue weighted by Crippen LogP contribution is -2.42. The Balaban J connectivity index is 1.69. The summed E-state index contributed by atoms with van der Waals surface area (Å²) in [7, 11) is 0. The Hall–Kier alpha value is -4.44. The summed E-state index contributed by atoms with van der Waals surface area (Å²) in [6.07, 6.45) is 4.36. The van der Waals surface area contributed by atoms with Crippen LogP contribution in [0.2, 0.25) is 0 Å². The standard InChI is InChI=1S/C24H23F3N8O2/c1-24(2,37)20(25)10-31-23(36)17-8-29-18(16-9-32-35-11-14(6-28)7-30-22(16)35)5-19(17)33-15-3-4-34(12-15)13-21(26)27/h3-5,7-9,11-12,20-21,37H,10,13H2,1-2H3,(H,29,33)(H,31,36). The Labute approximate surface area is 209 Å². The molecule has 10 nitrogen and oxygen atoms in total. The second-order valence-electron chi connectivity index (χ2n) is 8.84. The minimum Gasteiger partial charge on any atom is -0.387 e. The van der Waals surface area contributed by atoms with Gasteiger partial charge in [-0.1, -0.05) is 0 Å². The summed E-state index contributed by atoms with van der Waals surface area (Å²) in [4.78, 5) is 21.5. The molecule has 0 bridgehead atoms. The van der Waals surface area contributed by atoms with E-state index in [0.717, 1.165) is 0 Å². The predicted molar refractivity (Wildman–Crippen MR) is 128 cm³/mol. The van der Waals surface area contributed by atoms with Crippen LogP contribution >= 0.6 is 0 Å². The molecular formula is C24H23F3N8O2. The Kier molecular flexibility index (Phi) is 7.12. The number of halogens is 3. The number of nitriles is 1. The maximum Gasteiger partial charge on any atom is 0.256 e. The van der Waals surface area contributed by atoms with Gasteiger partial charge in [0.05, 0.1) is 64.8 Å². The first-order valence-corrected chi connectivity index (χ1v) is 11.1. The van der Waals surface area contributed by atoms with Crippen LogP contribution in [0.4, 0.5) is 24.5 Å². The molecule has 4 rings (SSSR count). The van der Waals surface area contributed by atoms with E-state index in [1.54, 1.807) is 12.1 Å². The number of hydrogen-bond acceptors (Lipinski definition) is 7. The molecule has 13 heteroatoms. The Morgan fingerprint density at radius 3 is 2.70 bits per heavy atom. The molecular weight excluding hydrogens is 489 g/mol. The highest BCUT2D eigenvalue weighted by Gasteiger charge is 2.27. The highest BCUT2D eigenvalue weighted by atomic mass is 19.3. The lowest BCUT2D eigenvalue weighted by molar-refractivity contribution is -0.00177. The van der Waals surface area contributed by atoms with Crippen molar-refractivity contribution in [3.8, 4) is 17.3 Å². The van der Waals surface area contributed by atoms with Crippen LogP contribution < -0.4 is 10.6 Å². The van der Waals surface area contributed by atoms with E-state index in [1.807, 2.05) is 6.07 Å². The summed E-state index contributed by atoms with van der Waals surface area (Å²) in [5.74, 6) is -0.655. The number of hydrogen-bond donors (Lipinski definition) is 3. The van der Waals surface area contributed by atoms with Crippen molar-refractivity contribution in [1.29, 1.82) is 5.26 Å². The number of fused-ring (bicyclic) bond motifs is 1. The molecule has 0 radical (unpaired) electrons. The van der Waals surface area contributed by atoms with Gasteiger partial charge in [0.1, 0.15) is 12.2 Å². The molecule has 1 atom stereocenters. The number of carbonyl (C=O) groups excluding carboxylic acids is 1. The Morgan fingerprint density at radius 2 is 2.00 bits per heavy atom. The van der Waals surface area contributed by atoms with E-state index >= 15 is 0 Å². The molecule has 0 fully saturated rings. The smallest absolute Gasteiger partial charge is 0.256 e. The van der Waals surface area contributed by atoms with Gasteiger partial charge in [-0.25, -0.2) is 22.7 Å². The number of pyridine rings is 1. The first kappa shape index (κ1) is 25.6. The van der Waals surface area contributed by atoms with Crippen molar-refractivity contribution < 1.29 is 23.1 Å². The summed E-state index contributed by atoms with van der Waals surface area (Å²) in [6.45, 7) is 1.65. The molecule has 1 unspecified atom stereocenters. The molecule has 4 aromatic rings. The molecule has 4 aromatic heterocycles. The summed E-state index contributed by atoms with van der Waals surface area (Å²) < 4.78 is 42.4. The number of nitrogens with one attached hydrogen (secondary N) is 2. The monoisotopic (exact) mass is 512 g/mol. The molecule has 1 amide bonds. The zero-order chi connectivity index (χ0) is 26.7. The molecule has 4 heterocycles. The third-order valence-corrected chi connectivity index (χ3v) is 5.50. The second-order valence-corrected chi connectivity index (χ2v) is 8.84. The number of nitrogens with zero attached hydrogens (tertiary/aromatic N) is 6. The molecule has 0 spiro atoms. The van der Waals surface area contributed by atoms with Gasteiger partial charge < -0.3 is 20.3 Å². The normalized spacial score (nSPS) is 12.5. The molecule has 0 saturated carbocycles. The minimum absolute atomic E-state index is 0.0597. The van der Waals surface area contributed by atoms with Gasteiger partial charge >= 0.3 is 0 Å². The van der Waals surface area contributed by atoms with Crippen LogP contribution in [0.15, 0.2) is 49.3 Å². The van der Waals surface area contributed by atoms with Gasteiger partial charge in [0, 0.05) is 24.8 Å². The fourth-order valence-corrected chi connectivity index (χ4v) is 3.47. The number of aromatic nitrogens is 5. The van der Waals surface area contributed by atoms with Crippen LogP contribution in [0.1, 0.15) is 29.8 Å². The van der Waals surface area contributed by atoms with Crippen molar-refractivity contribution in [2.24, 2.45) is 0 Å². The van der Waals surface area contributed by atoms with Crippen LogP contribution in [-0.2, 0) is 6.54 Å². The van der Waals surface area contributed by atoms with Crippen molar-refractivity contribution >= 4 is 22.9 Å². The lowest BCUT2D eigenvalue weighted by Gasteiger charge is -2.22. The second kappa shape index (κ2) is 10.3. The quantitative estimate of drug-likeness (QED) is 0.313. The number of amides is 1. The van der Waals surface area contributed by atoms with Gasteiger partial charge in [-0.05, 0) is 26.0 Å². The molecule has 3 N–H and O–H groups in total. The van der Waals surface area contributed by atoms with E-state index < -0.39 is 37.2 Å². The van der Waals surface area contributed by atoms with E-state index in [9.17, 15) is 23.1 Å². The minimum atomic E-state index is -2.54. The van der Waals surface area contributed by atoms with Crippen molar-refractivity contribution in [3.63, 3.8) is 0 Å². The number of aliphatic hydroxyl groups is 1. The molecule has 192 valence electrons. The van der Waals surface area contributed by atoms with E-state index in [2.05, 4.69) is 25.7 Å². The van der Waals surface area contributed by atoms with E-state index in [4.69, 9.17) is 5.26 Å². The average molecular weight is 512 g/mol. The van der Waals surface area contributed by atoms with E-state index in [1.165, 1.54) is 60.1 Å². The van der Waals surface area contributed by atoms with Crippen LogP contribution in [0.5, 0.6) is 0 Å². The third-order valence-electron chi connectivity index (χ3n) is 5.50. The van der Waals surface area contributed by atoms with Gasteiger partial charge in [-0.15, -0.1) is 0 Å². The topological polar surface area (TPSA) is 133 Å². The molecule has 0 saturated heterocycles. The lowest BCUT2D eigenvalue weighted by atomic mass is 10.0. The van der Waals surface area contributed by atoms with E-state index in [-0.39, 0.29) is 11.3 Å². The highest BCUT2D eigenvalue weighted by Crippen LogP contribution is 2.28. The van der Waals surface area contributed by atoms with Crippen LogP contribution in [0, 0.1) is 11.3 Å². The SMILES string of the molecule is CC(C)(O)C(F)CNC(=O)c1cnc(-c2cnn3cc(C#N)cnc23)cc1Nc1ccn(CC(F)F)c1. The average Bonchev–Trinajstić information content (AvgIpc) is 3.47. The van der Waals surface area contributed by atoms with Crippen LogP contribution in [0.25, 0.3) is 16.9 Å². The van der Waals surface area contributed by atoms with Gasteiger partial charge in [-0.2, -0.15) is 10.4 Å². The van der Waals surface area contributed by atoms with Gasteiger partial charge in [-0.3, -0.25) is 9.78 Å². The first-order chi connectivity index (χ1) is 17.5. The van der Waals surface area contributed by atoms with Gasteiger partial charge in [0.25, 0.3) is 12.3 Å². The third kappa shape index (κ3) is 5.87. The van der Waals surface area contributed by atoms with Crippen molar-refractivity contribution in [2.75, 3.05) is 11.9 Å². The maximum absolute atomic E-state index is 14.2. The fourth-order valence-electron chi connectivity index (χ4n) is 3.47. The van der Waals surface area contributed by atoms with Crippen molar-refractivity contribution in [3.05, 3.63) is 60.4 Å². The molecule has 0 aliphatic carbocycles. The zero-order valence-corrected chi connectivity index (χ0v) is 19.9. The largest absolute Gasteiger partial charge is 0.387 e. The summed E-state index contributed by atoms with van der Waals surface area (Å²) in [6, 6.07) is 5.10. The van der Waals surface area contributed by atoms with Gasteiger partial charge in [0.15, 0.2) is 5.65 Å². The number of anilines is 2. The van der Waals surface area contributed by atoms with Crippen molar-refractivity contribution in [2.45, 2.75) is 38.6 Å². The zero-order valence-electron chi connectivity index (χ0n) is 19.9. The maximum atomic E-state index is 14.2. The number of carbonyl (C=O) groups is 1. The molecule has 0 aromatic carbocycles. The number of rotatable bonds is 9. The number of alkyl halides is 3. The summed E-state index contributed by atoms with van der Waals surface area (Å²) in [5, 5.41) is 28.6. The Morgan fingerprint density at radius 1 is 1.22 bits per heavy atom. The highest BCUT2D eigenvalue weighted by molar-refractivity contribution is 6.00. The predicted octanol–water partition coefficient (Wildman–Crippen LogP) is 3.31.